The van der Waals surface area contributed by atoms with Gasteiger partial charge in [0.25, 0.3) is 0 Å². The van der Waals surface area contributed by atoms with Crippen molar-refractivity contribution in [2.24, 2.45) is 5.41 Å². The van der Waals surface area contributed by atoms with Crippen molar-refractivity contribution in [2.75, 3.05) is 0 Å². The van der Waals surface area contributed by atoms with E-state index in [1.807, 2.05) is 18.2 Å². The molecule has 0 bridgehead atoms. The monoisotopic (exact) mass is 268 g/mol. The molecule has 2 heteroatoms. The molecule has 2 unspecified atom stereocenters. The molecule has 2 rings (SSSR count). The Bertz CT molecular complexity index is 359. The largest absolute Gasteiger partial charge is 0.490 e. The highest BCUT2D eigenvalue weighted by molar-refractivity contribution is 9.09. The van der Waals surface area contributed by atoms with Crippen LogP contribution in [0.3, 0.4) is 0 Å². The van der Waals surface area contributed by atoms with Crippen LogP contribution >= 0.6 is 15.9 Å². The van der Waals surface area contributed by atoms with Gasteiger partial charge in [0.15, 0.2) is 0 Å². The molecule has 1 nitrogen and oxygen atoms in total. The van der Waals surface area contributed by atoms with E-state index in [1.165, 1.54) is 5.56 Å². The topological polar surface area (TPSA) is 9.23 Å². The van der Waals surface area contributed by atoms with Crippen molar-refractivity contribution in [1.29, 1.82) is 0 Å². The van der Waals surface area contributed by atoms with E-state index in [0.29, 0.717) is 10.9 Å². The maximum Gasteiger partial charge on any atom is 0.122 e. The number of hydrogen-bond donors (Lipinski definition) is 0. The Balaban J connectivity index is 2.08. The predicted molar refractivity (Wildman–Crippen MR) is 66.7 cm³/mol. The summed E-state index contributed by atoms with van der Waals surface area (Å²) >= 11 is 3.67. The van der Waals surface area contributed by atoms with Crippen LogP contribution < -0.4 is 4.74 Å². The second-order valence-corrected chi connectivity index (χ2v) is 6.00. The summed E-state index contributed by atoms with van der Waals surface area (Å²) in [6.07, 6.45) is 1.43. The molecule has 2 atom stereocenters. The van der Waals surface area contributed by atoms with Crippen LogP contribution in [-0.2, 0) is 0 Å². The van der Waals surface area contributed by atoms with Crippen molar-refractivity contribution in [3.63, 3.8) is 0 Å². The summed E-state index contributed by atoms with van der Waals surface area (Å²) in [5, 5.41) is 0. The van der Waals surface area contributed by atoms with Gasteiger partial charge in [0.1, 0.15) is 11.9 Å². The number of alkyl halides is 1. The number of benzene rings is 1. The van der Waals surface area contributed by atoms with Crippen molar-refractivity contribution in [1.82, 2.24) is 0 Å². The third-order valence-corrected chi connectivity index (χ3v) is 4.97. The first kappa shape index (κ1) is 11.0. The zero-order valence-corrected chi connectivity index (χ0v) is 11.0. The van der Waals surface area contributed by atoms with E-state index >= 15 is 0 Å². The van der Waals surface area contributed by atoms with Gasteiger partial charge in [0.05, 0.1) is 0 Å². The smallest absolute Gasteiger partial charge is 0.122 e. The fourth-order valence-electron chi connectivity index (χ4n) is 1.88. The van der Waals surface area contributed by atoms with E-state index in [0.717, 1.165) is 12.2 Å². The molecule has 1 saturated carbocycles. The summed E-state index contributed by atoms with van der Waals surface area (Å²) in [4.78, 5) is 0.582. The summed E-state index contributed by atoms with van der Waals surface area (Å²) in [5.41, 5.74) is 1.45. The SMILES string of the molecule is Cc1ccccc1OC1CC(Br)C1(C)C. The van der Waals surface area contributed by atoms with Crippen LogP contribution in [0.5, 0.6) is 5.75 Å². The Morgan fingerprint density at radius 2 is 2.00 bits per heavy atom. The van der Waals surface area contributed by atoms with Gasteiger partial charge >= 0.3 is 0 Å². The quantitative estimate of drug-likeness (QED) is 0.739. The molecule has 0 N–H and O–H groups in total. The highest BCUT2D eigenvalue weighted by Gasteiger charge is 2.48. The second kappa shape index (κ2) is 3.82. The molecular weight excluding hydrogens is 252 g/mol. The van der Waals surface area contributed by atoms with Gasteiger partial charge in [0, 0.05) is 10.2 Å². The fourth-order valence-corrected chi connectivity index (χ4v) is 2.51. The predicted octanol–water partition coefficient (Wildman–Crippen LogP) is 3.94. The van der Waals surface area contributed by atoms with E-state index in [9.17, 15) is 0 Å². The molecule has 15 heavy (non-hydrogen) atoms. The third-order valence-electron chi connectivity index (χ3n) is 3.42. The zero-order chi connectivity index (χ0) is 11.1. The van der Waals surface area contributed by atoms with Crippen molar-refractivity contribution < 1.29 is 4.74 Å². The van der Waals surface area contributed by atoms with Crippen LogP contribution in [0.15, 0.2) is 24.3 Å². The summed E-state index contributed by atoms with van der Waals surface area (Å²) < 4.78 is 6.04. The molecule has 0 heterocycles. The number of ether oxygens (including phenoxy) is 1. The Morgan fingerprint density at radius 3 is 2.53 bits per heavy atom. The van der Waals surface area contributed by atoms with Crippen LogP contribution in [0.25, 0.3) is 0 Å². The summed E-state index contributed by atoms with van der Waals surface area (Å²) in [6, 6.07) is 8.21. The summed E-state index contributed by atoms with van der Waals surface area (Å²) in [6.45, 7) is 6.59. The minimum Gasteiger partial charge on any atom is -0.490 e. The molecule has 0 radical (unpaired) electrons. The van der Waals surface area contributed by atoms with Crippen LogP contribution in [0.1, 0.15) is 25.8 Å². The van der Waals surface area contributed by atoms with Gasteiger partial charge in [-0.2, -0.15) is 0 Å². The molecule has 0 spiro atoms. The first-order chi connectivity index (χ1) is 7.01. The van der Waals surface area contributed by atoms with E-state index in [1.54, 1.807) is 0 Å². The van der Waals surface area contributed by atoms with E-state index in [4.69, 9.17) is 4.74 Å². The van der Waals surface area contributed by atoms with Crippen molar-refractivity contribution in [3.05, 3.63) is 29.8 Å². The van der Waals surface area contributed by atoms with Crippen LogP contribution in [0.4, 0.5) is 0 Å². The lowest BCUT2D eigenvalue weighted by Gasteiger charge is -2.48. The summed E-state index contributed by atoms with van der Waals surface area (Å²) in [5.74, 6) is 1.02. The molecule has 1 aromatic rings. The number of halogens is 1. The molecule has 1 aromatic carbocycles. The Morgan fingerprint density at radius 1 is 1.33 bits per heavy atom. The average molecular weight is 269 g/mol. The molecule has 1 aliphatic rings. The number of rotatable bonds is 2. The average Bonchev–Trinajstić information content (AvgIpc) is 2.20. The van der Waals surface area contributed by atoms with E-state index in [-0.39, 0.29) is 5.41 Å². The Labute approximate surface area is 100.0 Å². The minimum atomic E-state index is 0.238. The molecule has 1 aliphatic carbocycles. The summed E-state index contributed by atoms with van der Waals surface area (Å²) in [7, 11) is 0. The highest BCUT2D eigenvalue weighted by atomic mass is 79.9. The molecule has 0 aromatic heterocycles. The van der Waals surface area contributed by atoms with Crippen LogP contribution in [-0.4, -0.2) is 10.9 Å². The third kappa shape index (κ3) is 1.92. The lowest BCUT2D eigenvalue weighted by atomic mass is 9.69. The van der Waals surface area contributed by atoms with Gasteiger partial charge in [-0.15, -0.1) is 0 Å². The minimum absolute atomic E-state index is 0.238. The van der Waals surface area contributed by atoms with E-state index in [2.05, 4.69) is 42.8 Å². The molecule has 82 valence electrons. The van der Waals surface area contributed by atoms with Crippen molar-refractivity contribution >= 4 is 15.9 Å². The molecular formula is C13H17BrO. The van der Waals surface area contributed by atoms with Gasteiger partial charge in [0.2, 0.25) is 0 Å². The van der Waals surface area contributed by atoms with Crippen LogP contribution in [0.2, 0.25) is 0 Å². The lowest BCUT2D eigenvalue weighted by Crippen LogP contribution is -2.53. The highest BCUT2D eigenvalue weighted by Crippen LogP contribution is 2.47. The molecule has 0 amide bonds. The lowest BCUT2D eigenvalue weighted by molar-refractivity contribution is -0.00822. The molecule has 1 fully saturated rings. The number of aryl methyl sites for hydroxylation is 1. The van der Waals surface area contributed by atoms with E-state index < -0.39 is 0 Å². The normalized spacial score (nSPS) is 28.3. The molecule has 0 saturated heterocycles. The van der Waals surface area contributed by atoms with Crippen LogP contribution in [0, 0.1) is 12.3 Å². The maximum atomic E-state index is 6.04. The maximum absolute atomic E-state index is 6.04. The number of hydrogen-bond acceptors (Lipinski definition) is 1. The Hall–Kier alpha value is -0.500. The van der Waals surface area contributed by atoms with Gasteiger partial charge in [-0.1, -0.05) is 48.0 Å². The van der Waals surface area contributed by atoms with Gasteiger partial charge in [-0.3, -0.25) is 0 Å². The standard InChI is InChI=1S/C13H17BrO/c1-9-6-4-5-7-10(9)15-12-8-11(14)13(12,2)3/h4-7,11-12H,8H2,1-3H3. The van der Waals surface area contributed by atoms with Gasteiger partial charge < -0.3 is 4.74 Å². The Kier molecular flexibility index (Phi) is 2.80. The first-order valence-corrected chi connectivity index (χ1v) is 6.29. The zero-order valence-electron chi connectivity index (χ0n) is 9.46. The second-order valence-electron chi connectivity index (χ2n) is 4.90. The number of para-hydroxylation sites is 1. The molecule has 0 aliphatic heterocycles. The van der Waals surface area contributed by atoms with Crippen molar-refractivity contribution in [2.45, 2.75) is 38.1 Å². The van der Waals surface area contributed by atoms with Crippen molar-refractivity contribution in [3.8, 4) is 5.75 Å². The first-order valence-electron chi connectivity index (χ1n) is 5.38. The fraction of sp³-hybridized carbons (Fsp3) is 0.538. The van der Waals surface area contributed by atoms with Gasteiger partial charge in [-0.25, -0.2) is 0 Å². The van der Waals surface area contributed by atoms with Gasteiger partial charge in [-0.05, 0) is 25.0 Å².